The molecule has 2 N–H and O–H groups in total. The Hall–Kier alpha value is -1.83. The second-order valence-electron chi connectivity index (χ2n) is 8.36. The van der Waals surface area contributed by atoms with E-state index < -0.39 is 9.84 Å². The Bertz CT molecular complexity index is 772. The van der Waals surface area contributed by atoms with Gasteiger partial charge in [-0.15, -0.1) is 0 Å². The molecular weight excluding hydrogens is 379 g/mol. The number of hydrogen-bond acceptors (Lipinski definition) is 4. The highest BCUT2D eigenvalue weighted by Crippen LogP contribution is 2.21. The molecule has 1 aliphatic heterocycles. The Morgan fingerprint density at radius 1 is 1.32 bits per heavy atom. The van der Waals surface area contributed by atoms with E-state index in [2.05, 4.69) is 34.4 Å². The van der Waals surface area contributed by atoms with Crippen molar-refractivity contribution in [3.05, 3.63) is 30.1 Å². The number of piperidine rings is 1. The molecule has 0 atom stereocenters. The van der Waals surface area contributed by atoms with Gasteiger partial charge in [0.1, 0.15) is 15.7 Å². The molecule has 6 nitrogen and oxygen atoms in total. The summed E-state index contributed by atoms with van der Waals surface area (Å²) in [6, 6.07) is 7.02. The molecule has 1 heterocycles. The van der Waals surface area contributed by atoms with Crippen molar-refractivity contribution >= 4 is 21.5 Å². The number of sulfone groups is 1. The Kier molecular flexibility index (Phi) is 7.69. The monoisotopic (exact) mass is 412 g/mol. The van der Waals surface area contributed by atoms with Crippen LogP contribution in [-0.2, 0) is 9.84 Å². The maximum atomic E-state index is 13.4. The van der Waals surface area contributed by atoms with Gasteiger partial charge in [0.15, 0.2) is 5.96 Å². The summed E-state index contributed by atoms with van der Waals surface area (Å²) in [6.45, 7) is 6.46. The van der Waals surface area contributed by atoms with Gasteiger partial charge in [-0.05, 0) is 42.9 Å². The average molecular weight is 413 g/mol. The average Bonchev–Trinajstić information content (AvgIpc) is 2.64. The van der Waals surface area contributed by atoms with Crippen LogP contribution in [0.4, 0.5) is 10.1 Å². The molecule has 0 bridgehead atoms. The lowest BCUT2D eigenvalue weighted by atomic mass is 9.90. The summed E-state index contributed by atoms with van der Waals surface area (Å²) in [5.74, 6) is 0.712. The SMILES string of the molecule is CN=C(NCC(C)(C)CCS(C)(=O)=O)NC1CCN(c2cccc(F)c2)CC1. The van der Waals surface area contributed by atoms with E-state index in [1.807, 2.05) is 6.07 Å². The maximum absolute atomic E-state index is 13.4. The molecule has 0 amide bonds. The molecule has 28 heavy (non-hydrogen) atoms. The first-order valence-corrected chi connectivity index (χ1v) is 11.8. The lowest BCUT2D eigenvalue weighted by Crippen LogP contribution is -2.50. The van der Waals surface area contributed by atoms with Crippen molar-refractivity contribution in [3.8, 4) is 0 Å². The molecule has 2 rings (SSSR count). The summed E-state index contributed by atoms with van der Waals surface area (Å²) in [6.07, 6.45) is 3.75. The van der Waals surface area contributed by atoms with Gasteiger partial charge in [0, 0.05) is 44.7 Å². The Labute approximate surface area is 168 Å². The third-order valence-electron chi connectivity index (χ3n) is 5.12. The zero-order chi connectivity index (χ0) is 20.8. The fourth-order valence-electron chi connectivity index (χ4n) is 3.22. The summed E-state index contributed by atoms with van der Waals surface area (Å²) in [4.78, 5) is 6.50. The van der Waals surface area contributed by atoms with Crippen LogP contribution in [-0.4, -0.2) is 59.1 Å². The molecule has 0 aromatic heterocycles. The highest BCUT2D eigenvalue weighted by molar-refractivity contribution is 7.90. The van der Waals surface area contributed by atoms with E-state index >= 15 is 0 Å². The van der Waals surface area contributed by atoms with Crippen LogP contribution < -0.4 is 15.5 Å². The number of benzene rings is 1. The van der Waals surface area contributed by atoms with Crippen molar-refractivity contribution in [1.82, 2.24) is 10.6 Å². The van der Waals surface area contributed by atoms with Gasteiger partial charge < -0.3 is 15.5 Å². The molecule has 0 radical (unpaired) electrons. The fourth-order valence-corrected chi connectivity index (χ4v) is 4.14. The summed E-state index contributed by atoms with van der Waals surface area (Å²) < 4.78 is 36.2. The largest absolute Gasteiger partial charge is 0.371 e. The smallest absolute Gasteiger partial charge is 0.191 e. The van der Waals surface area contributed by atoms with Gasteiger partial charge in [0.2, 0.25) is 0 Å². The van der Waals surface area contributed by atoms with Crippen LogP contribution in [0, 0.1) is 11.2 Å². The summed E-state index contributed by atoms with van der Waals surface area (Å²) in [5, 5.41) is 6.78. The van der Waals surface area contributed by atoms with Gasteiger partial charge in [-0.3, -0.25) is 4.99 Å². The third kappa shape index (κ3) is 7.66. The summed E-state index contributed by atoms with van der Waals surface area (Å²) in [5.41, 5.74) is 0.773. The molecular formula is C20H33FN4O2S. The van der Waals surface area contributed by atoms with E-state index in [-0.39, 0.29) is 17.0 Å². The van der Waals surface area contributed by atoms with Crippen molar-refractivity contribution in [2.24, 2.45) is 10.4 Å². The highest BCUT2D eigenvalue weighted by atomic mass is 32.2. The zero-order valence-corrected chi connectivity index (χ0v) is 18.2. The Balaban J connectivity index is 1.79. The maximum Gasteiger partial charge on any atom is 0.191 e. The fraction of sp³-hybridized carbons (Fsp3) is 0.650. The number of nitrogens with zero attached hydrogens (tertiary/aromatic N) is 2. The first-order valence-electron chi connectivity index (χ1n) is 9.73. The molecule has 1 aliphatic rings. The van der Waals surface area contributed by atoms with E-state index in [0.29, 0.717) is 19.0 Å². The predicted octanol–water partition coefficient (Wildman–Crippen LogP) is 2.42. The van der Waals surface area contributed by atoms with Crippen molar-refractivity contribution in [2.45, 2.75) is 39.2 Å². The van der Waals surface area contributed by atoms with Crippen molar-refractivity contribution in [1.29, 1.82) is 0 Å². The molecule has 0 unspecified atom stereocenters. The van der Waals surface area contributed by atoms with Crippen molar-refractivity contribution in [2.75, 3.05) is 43.6 Å². The predicted molar refractivity (Wildman–Crippen MR) is 114 cm³/mol. The van der Waals surface area contributed by atoms with E-state index in [9.17, 15) is 12.8 Å². The van der Waals surface area contributed by atoms with Crippen LogP contribution in [0.3, 0.4) is 0 Å². The van der Waals surface area contributed by atoms with Crippen molar-refractivity contribution in [3.63, 3.8) is 0 Å². The molecule has 1 fully saturated rings. The number of rotatable bonds is 7. The zero-order valence-electron chi connectivity index (χ0n) is 17.3. The topological polar surface area (TPSA) is 73.8 Å². The minimum absolute atomic E-state index is 0.151. The van der Waals surface area contributed by atoms with E-state index in [4.69, 9.17) is 0 Å². The molecule has 8 heteroatoms. The molecule has 1 saturated heterocycles. The molecule has 1 aromatic rings. The Morgan fingerprint density at radius 3 is 2.57 bits per heavy atom. The number of guanidine groups is 1. The van der Waals surface area contributed by atoms with E-state index in [1.165, 1.54) is 12.3 Å². The van der Waals surface area contributed by atoms with Gasteiger partial charge in [-0.25, -0.2) is 12.8 Å². The minimum Gasteiger partial charge on any atom is -0.371 e. The van der Waals surface area contributed by atoms with Gasteiger partial charge in [0.05, 0.1) is 5.75 Å². The quantitative estimate of drug-likeness (QED) is 0.532. The van der Waals surface area contributed by atoms with E-state index in [1.54, 1.807) is 19.2 Å². The summed E-state index contributed by atoms with van der Waals surface area (Å²) >= 11 is 0. The van der Waals surface area contributed by atoms with Crippen LogP contribution in [0.1, 0.15) is 33.1 Å². The van der Waals surface area contributed by atoms with Crippen molar-refractivity contribution < 1.29 is 12.8 Å². The van der Waals surface area contributed by atoms with Crippen LogP contribution in [0.5, 0.6) is 0 Å². The third-order valence-corrected chi connectivity index (χ3v) is 6.06. The number of anilines is 1. The van der Waals surface area contributed by atoms with Gasteiger partial charge in [-0.2, -0.15) is 0 Å². The van der Waals surface area contributed by atoms with Gasteiger partial charge in [0.25, 0.3) is 0 Å². The lowest BCUT2D eigenvalue weighted by Gasteiger charge is -2.35. The van der Waals surface area contributed by atoms with Gasteiger partial charge >= 0.3 is 0 Å². The van der Waals surface area contributed by atoms with Crippen LogP contribution in [0.25, 0.3) is 0 Å². The number of hydrogen-bond donors (Lipinski definition) is 2. The highest BCUT2D eigenvalue weighted by Gasteiger charge is 2.23. The number of halogens is 1. The summed E-state index contributed by atoms with van der Waals surface area (Å²) in [7, 11) is -1.22. The number of aliphatic imine (C=N–C) groups is 1. The molecule has 0 aliphatic carbocycles. The lowest BCUT2D eigenvalue weighted by molar-refractivity contribution is 0.346. The molecule has 0 saturated carbocycles. The molecule has 158 valence electrons. The number of nitrogens with one attached hydrogen (secondary N) is 2. The van der Waals surface area contributed by atoms with Crippen LogP contribution >= 0.6 is 0 Å². The second-order valence-corrected chi connectivity index (χ2v) is 10.6. The second kappa shape index (κ2) is 9.58. The van der Waals surface area contributed by atoms with E-state index in [0.717, 1.165) is 37.6 Å². The van der Waals surface area contributed by atoms with Crippen LogP contribution in [0.2, 0.25) is 0 Å². The first-order chi connectivity index (χ1) is 13.1. The van der Waals surface area contributed by atoms with Crippen LogP contribution in [0.15, 0.2) is 29.3 Å². The first kappa shape index (κ1) is 22.5. The molecule has 0 spiro atoms. The minimum atomic E-state index is -2.96. The Morgan fingerprint density at radius 2 is 2.00 bits per heavy atom. The standard InChI is InChI=1S/C20H33FN4O2S/c1-20(2,10-13-28(4,26)27)15-23-19(22-3)24-17-8-11-25(12-9-17)18-7-5-6-16(21)14-18/h5-7,14,17H,8-13,15H2,1-4H3,(H2,22,23,24). The normalized spacial score (nSPS) is 16.9. The molecule has 1 aromatic carbocycles. The van der Waals surface area contributed by atoms with Gasteiger partial charge in [-0.1, -0.05) is 19.9 Å².